The molecule has 1 aliphatic rings. The van der Waals surface area contributed by atoms with E-state index in [4.69, 9.17) is 5.73 Å². The maximum absolute atomic E-state index is 11.6. The van der Waals surface area contributed by atoms with Gasteiger partial charge in [-0.05, 0) is 0 Å². The van der Waals surface area contributed by atoms with Crippen LogP contribution in [0.25, 0.3) is 0 Å². The fourth-order valence-electron chi connectivity index (χ4n) is 1.58. The van der Waals surface area contributed by atoms with E-state index in [1.165, 1.54) is 23.6 Å². The summed E-state index contributed by atoms with van der Waals surface area (Å²) in [4.78, 5) is 31.6. The minimum absolute atomic E-state index is 0.117. The zero-order valence-corrected chi connectivity index (χ0v) is 7.96. The van der Waals surface area contributed by atoms with Crippen molar-refractivity contribution in [2.24, 2.45) is 11.7 Å². The highest BCUT2D eigenvalue weighted by Crippen LogP contribution is 2.23. The molecule has 0 spiro atoms. The van der Waals surface area contributed by atoms with Crippen molar-refractivity contribution in [1.29, 1.82) is 0 Å². The molecule has 2 N–H and O–H groups in total. The molecular weight excluding hydrogens is 196 g/mol. The number of hydrogen-bond donors (Lipinski definition) is 1. The zero-order valence-electron chi connectivity index (χ0n) is 7.96. The molecule has 0 aliphatic carbocycles. The van der Waals surface area contributed by atoms with Crippen LogP contribution in [0, 0.1) is 5.92 Å². The lowest BCUT2D eigenvalue weighted by Gasteiger charge is -2.14. The summed E-state index contributed by atoms with van der Waals surface area (Å²) in [5.41, 5.74) is 5.75. The standard InChI is InChI=1S/C9H10N4O2/c10-9(15)6-1-8(14)13(4-6)7-2-11-5-12-3-7/h2-3,5-6H,1,4H2,(H2,10,15). The van der Waals surface area contributed by atoms with Crippen LogP contribution in [0.4, 0.5) is 5.69 Å². The first kappa shape index (κ1) is 9.57. The largest absolute Gasteiger partial charge is 0.369 e. The third kappa shape index (κ3) is 1.78. The third-order valence-electron chi connectivity index (χ3n) is 2.39. The molecule has 2 rings (SSSR count). The van der Waals surface area contributed by atoms with Crippen molar-refractivity contribution in [3.63, 3.8) is 0 Å². The van der Waals surface area contributed by atoms with Crippen LogP contribution < -0.4 is 10.6 Å². The fraction of sp³-hybridized carbons (Fsp3) is 0.333. The normalized spacial score (nSPS) is 20.7. The second-order valence-corrected chi connectivity index (χ2v) is 3.40. The molecule has 1 aliphatic heterocycles. The number of carbonyl (C=O) groups excluding carboxylic acids is 2. The highest BCUT2D eigenvalue weighted by atomic mass is 16.2. The molecule has 1 aromatic heterocycles. The monoisotopic (exact) mass is 206 g/mol. The van der Waals surface area contributed by atoms with Crippen LogP contribution >= 0.6 is 0 Å². The van der Waals surface area contributed by atoms with Gasteiger partial charge in [-0.25, -0.2) is 9.97 Å². The Morgan fingerprint density at radius 1 is 1.47 bits per heavy atom. The number of amides is 2. The van der Waals surface area contributed by atoms with Crippen molar-refractivity contribution >= 4 is 17.5 Å². The molecule has 1 atom stereocenters. The van der Waals surface area contributed by atoms with Gasteiger partial charge >= 0.3 is 0 Å². The predicted molar refractivity (Wildman–Crippen MR) is 51.7 cm³/mol. The Labute approximate surface area is 86.1 Å². The molecule has 1 fully saturated rings. The van der Waals surface area contributed by atoms with E-state index in [2.05, 4.69) is 9.97 Å². The maximum Gasteiger partial charge on any atom is 0.227 e. The Balaban J connectivity index is 2.19. The van der Waals surface area contributed by atoms with Gasteiger partial charge < -0.3 is 10.6 Å². The lowest BCUT2D eigenvalue weighted by molar-refractivity contribution is -0.123. The predicted octanol–water partition coefficient (Wildman–Crippen LogP) is -0.685. The topological polar surface area (TPSA) is 89.2 Å². The molecule has 1 saturated heterocycles. The van der Waals surface area contributed by atoms with Crippen molar-refractivity contribution in [3.05, 3.63) is 18.7 Å². The van der Waals surface area contributed by atoms with E-state index >= 15 is 0 Å². The van der Waals surface area contributed by atoms with Gasteiger partial charge in [0.15, 0.2) is 0 Å². The summed E-state index contributed by atoms with van der Waals surface area (Å²) in [5, 5.41) is 0. The van der Waals surface area contributed by atoms with Crippen molar-refractivity contribution in [2.45, 2.75) is 6.42 Å². The van der Waals surface area contributed by atoms with Crippen LogP contribution in [0.15, 0.2) is 18.7 Å². The van der Waals surface area contributed by atoms with Crippen molar-refractivity contribution in [2.75, 3.05) is 11.4 Å². The van der Waals surface area contributed by atoms with Gasteiger partial charge in [0.25, 0.3) is 0 Å². The molecule has 2 amide bonds. The number of nitrogens with zero attached hydrogens (tertiary/aromatic N) is 3. The van der Waals surface area contributed by atoms with Gasteiger partial charge in [0, 0.05) is 13.0 Å². The van der Waals surface area contributed by atoms with Gasteiger partial charge in [0.1, 0.15) is 6.33 Å². The number of aromatic nitrogens is 2. The number of hydrogen-bond acceptors (Lipinski definition) is 4. The van der Waals surface area contributed by atoms with Gasteiger partial charge in [-0.3, -0.25) is 9.59 Å². The minimum atomic E-state index is -0.442. The number of rotatable bonds is 2. The van der Waals surface area contributed by atoms with Gasteiger partial charge in [-0.1, -0.05) is 0 Å². The van der Waals surface area contributed by atoms with Crippen molar-refractivity contribution in [3.8, 4) is 0 Å². The minimum Gasteiger partial charge on any atom is -0.369 e. The Morgan fingerprint density at radius 2 is 2.13 bits per heavy atom. The lowest BCUT2D eigenvalue weighted by Crippen LogP contribution is -2.28. The molecule has 78 valence electrons. The first-order chi connectivity index (χ1) is 7.18. The first-order valence-corrected chi connectivity index (χ1v) is 4.53. The molecule has 6 heteroatoms. The third-order valence-corrected chi connectivity index (χ3v) is 2.39. The summed E-state index contributed by atoms with van der Waals surface area (Å²) >= 11 is 0. The molecule has 0 aromatic carbocycles. The van der Waals surface area contributed by atoms with E-state index in [1.54, 1.807) is 0 Å². The Bertz CT molecular complexity index is 392. The van der Waals surface area contributed by atoms with Crippen molar-refractivity contribution < 1.29 is 9.59 Å². The SMILES string of the molecule is NC(=O)C1CC(=O)N(c2cncnc2)C1. The molecule has 6 nitrogen and oxygen atoms in total. The second kappa shape index (κ2) is 3.64. The number of anilines is 1. The lowest BCUT2D eigenvalue weighted by atomic mass is 10.1. The van der Waals surface area contributed by atoms with Crippen molar-refractivity contribution in [1.82, 2.24) is 9.97 Å². The van der Waals surface area contributed by atoms with E-state index < -0.39 is 11.8 Å². The Hall–Kier alpha value is -1.98. The van der Waals surface area contributed by atoms with E-state index in [1.807, 2.05) is 0 Å². The molecule has 1 unspecified atom stereocenters. The highest BCUT2D eigenvalue weighted by Gasteiger charge is 2.33. The van der Waals surface area contributed by atoms with Gasteiger partial charge in [-0.15, -0.1) is 0 Å². The van der Waals surface area contributed by atoms with E-state index in [0.717, 1.165) is 0 Å². The summed E-state index contributed by atoms with van der Waals surface area (Å²) < 4.78 is 0. The number of nitrogens with two attached hydrogens (primary N) is 1. The molecule has 1 aromatic rings. The summed E-state index contributed by atoms with van der Waals surface area (Å²) in [7, 11) is 0. The summed E-state index contributed by atoms with van der Waals surface area (Å²) in [6, 6.07) is 0. The summed E-state index contributed by atoms with van der Waals surface area (Å²) in [5.74, 6) is -0.964. The fourth-order valence-corrected chi connectivity index (χ4v) is 1.58. The molecule has 0 bridgehead atoms. The van der Waals surface area contributed by atoms with Crippen LogP contribution in [-0.4, -0.2) is 28.3 Å². The summed E-state index contributed by atoms with van der Waals surface area (Å²) in [6.45, 7) is 0.321. The van der Waals surface area contributed by atoms with Gasteiger partial charge in [-0.2, -0.15) is 0 Å². The maximum atomic E-state index is 11.6. The van der Waals surface area contributed by atoms with Gasteiger partial charge in [0.05, 0.1) is 24.0 Å². The van der Waals surface area contributed by atoms with Gasteiger partial charge in [0.2, 0.25) is 11.8 Å². The number of carbonyl (C=O) groups is 2. The van der Waals surface area contributed by atoms with Crippen LogP contribution in [0.3, 0.4) is 0 Å². The molecular formula is C9H10N4O2. The average molecular weight is 206 g/mol. The van der Waals surface area contributed by atoms with Crippen LogP contribution in [0.5, 0.6) is 0 Å². The quantitative estimate of drug-likeness (QED) is 0.693. The average Bonchev–Trinajstić information content (AvgIpc) is 2.62. The smallest absolute Gasteiger partial charge is 0.227 e. The molecule has 2 heterocycles. The van der Waals surface area contributed by atoms with E-state index in [0.29, 0.717) is 12.2 Å². The first-order valence-electron chi connectivity index (χ1n) is 4.53. The Kier molecular flexibility index (Phi) is 2.32. The summed E-state index contributed by atoms with van der Waals surface area (Å²) in [6.07, 6.45) is 4.63. The highest BCUT2D eigenvalue weighted by molar-refractivity contribution is 5.99. The van der Waals surface area contributed by atoms with E-state index in [-0.39, 0.29) is 12.3 Å². The molecule has 0 saturated carbocycles. The molecule has 15 heavy (non-hydrogen) atoms. The van der Waals surface area contributed by atoms with E-state index in [9.17, 15) is 9.59 Å². The second-order valence-electron chi connectivity index (χ2n) is 3.40. The van der Waals surface area contributed by atoms with Crippen LogP contribution in [-0.2, 0) is 9.59 Å². The van der Waals surface area contributed by atoms with Crippen LogP contribution in [0.1, 0.15) is 6.42 Å². The zero-order chi connectivity index (χ0) is 10.8. The Morgan fingerprint density at radius 3 is 2.67 bits per heavy atom. The van der Waals surface area contributed by atoms with Crippen LogP contribution in [0.2, 0.25) is 0 Å². The number of primary amides is 1. The molecule has 0 radical (unpaired) electrons.